The van der Waals surface area contributed by atoms with Gasteiger partial charge >= 0.3 is 11.9 Å². The van der Waals surface area contributed by atoms with Crippen LogP contribution in [0.15, 0.2) is 60.7 Å². The second kappa shape index (κ2) is 18.4. The van der Waals surface area contributed by atoms with Crippen LogP contribution in [0.3, 0.4) is 0 Å². The van der Waals surface area contributed by atoms with Crippen molar-refractivity contribution in [1.29, 1.82) is 0 Å². The molecular formula is C41H58O5. The van der Waals surface area contributed by atoms with Crippen molar-refractivity contribution in [2.45, 2.75) is 122 Å². The van der Waals surface area contributed by atoms with Crippen molar-refractivity contribution in [3.63, 3.8) is 0 Å². The SMILES string of the molecule is C=C(C)C(=O)OCC(COC(=O)C(C)CO)CC1CCC(c2ccc(C3CCC(c4ccc(CCCCC)cc4)CC3)cc2)CC1. The number of aryl methyl sites for hydroxylation is 1. The molecule has 0 aromatic heterocycles. The van der Waals surface area contributed by atoms with Crippen molar-refractivity contribution in [3.05, 3.63) is 82.9 Å². The molecule has 0 saturated heterocycles. The number of unbranched alkanes of at least 4 members (excludes halogenated alkanes) is 2. The number of hydrogen-bond donors (Lipinski definition) is 1. The average Bonchev–Trinajstić information content (AvgIpc) is 3.09. The molecule has 5 heteroatoms. The molecule has 2 fully saturated rings. The van der Waals surface area contributed by atoms with Crippen molar-refractivity contribution in [2.75, 3.05) is 19.8 Å². The average molecular weight is 631 g/mol. The highest BCUT2D eigenvalue weighted by atomic mass is 16.5. The summed E-state index contributed by atoms with van der Waals surface area (Å²) in [6.07, 6.45) is 15.6. The lowest BCUT2D eigenvalue weighted by atomic mass is 9.74. The zero-order valence-electron chi connectivity index (χ0n) is 28.7. The monoisotopic (exact) mass is 630 g/mol. The van der Waals surface area contributed by atoms with Gasteiger partial charge in [-0.05, 0) is 130 Å². The summed E-state index contributed by atoms with van der Waals surface area (Å²) in [4.78, 5) is 24.2. The Kier molecular flexibility index (Phi) is 14.4. The van der Waals surface area contributed by atoms with Crippen LogP contribution in [0.5, 0.6) is 0 Å². The molecule has 2 atom stereocenters. The summed E-state index contributed by atoms with van der Waals surface area (Å²) < 4.78 is 10.9. The van der Waals surface area contributed by atoms with E-state index in [2.05, 4.69) is 62.0 Å². The predicted molar refractivity (Wildman–Crippen MR) is 186 cm³/mol. The smallest absolute Gasteiger partial charge is 0.333 e. The van der Waals surface area contributed by atoms with Gasteiger partial charge in [-0.25, -0.2) is 4.79 Å². The first-order valence-corrected chi connectivity index (χ1v) is 18.1. The number of aliphatic hydroxyl groups excluding tert-OH is 1. The van der Waals surface area contributed by atoms with Gasteiger partial charge in [-0.1, -0.05) is 74.9 Å². The van der Waals surface area contributed by atoms with E-state index in [1.54, 1.807) is 13.8 Å². The van der Waals surface area contributed by atoms with Gasteiger partial charge in [0.2, 0.25) is 0 Å². The fourth-order valence-corrected chi connectivity index (χ4v) is 7.46. The van der Waals surface area contributed by atoms with Gasteiger partial charge in [0.1, 0.15) is 0 Å². The molecule has 2 unspecified atom stereocenters. The number of esters is 2. The minimum absolute atomic E-state index is 0.0658. The van der Waals surface area contributed by atoms with Gasteiger partial charge in [-0.15, -0.1) is 0 Å². The number of benzene rings is 2. The summed E-state index contributed by atoms with van der Waals surface area (Å²) in [6.45, 7) is 9.37. The summed E-state index contributed by atoms with van der Waals surface area (Å²) in [5, 5.41) is 9.27. The Labute approximate surface area is 278 Å². The van der Waals surface area contributed by atoms with E-state index in [0.29, 0.717) is 29.2 Å². The van der Waals surface area contributed by atoms with Crippen LogP contribution >= 0.6 is 0 Å². The Morgan fingerprint density at radius 2 is 1.26 bits per heavy atom. The molecule has 0 radical (unpaired) electrons. The van der Waals surface area contributed by atoms with Crippen molar-refractivity contribution in [3.8, 4) is 0 Å². The van der Waals surface area contributed by atoms with Gasteiger partial charge in [0.05, 0.1) is 25.7 Å². The lowest BCUT2D eigenvalue weighted by Gasteiger charge is -2.32. The Bertz CT molecular complexity index is 1220. The molecule has 4 rings (SSSR count). The first-order chi connectivity index (χ1) is 22.3. The third-order valence-electron chi connectivity index (χ3n) is 10.6. The molecule has 2 aromatic carbocycles. The normalized spacial score (nSPS) is 22.9. The van der Waals surface area contributed by atoms with Crippen LogP contribution in [0.2, 0.25) is 0 Å². The van der Waals surface area contributed by atoms with E-state index in [1.807, 2.05) is 0 Å². The Morgan fingerprint density at radius 3 is 1.74 bits per heavy atom. The topological polar surface area (TPSA) is 72.8 Å². The quantitative estimate of drug-likeness (QED) is 0.114. The molecule has 0 heterocycles. The van der Waals surface area contributed by atoms with E-state index in [0.717, 1.165) is 32.1 Å². The van der Waals surface area contributed by atoms with Crippen LogP contribution in [0.4, 0.5) is 0 Å². The summed E-state index contributed by atoms with van der Waals surface area (Å²) in [5.74, 6) is 0.996. The molecule has 252 valence electrons. The van der Waals surface area contributed by atoms with Crippen molar-refractivity contribution in [2.24, 2.45) is 17.8 Å². The molecule has 0 aliphatic heterocycles. The third-order valence-corrected chi connectivity index (χ3v) is 10.6. The number of hydrogen-bond acceptors (Lipinski definition) is 5. The van der Waals surface area contributed by atoms with Gasteiger partial charge in [0, 0.05) is 11.5 Å². The number of carbonyl (C=O) groups excluding carboxylic acids is 2. The molecule has 46 heavy (non-hydrogen) atoms. The largest absolute Gasteiger partial charge is 0.465 e. The van der Waals surface area contributed by atoms with Crippen LogP contribution in [-0.2, 0) is 25.5 Å². The third kappa shape index (κ3) is 10.8. The minimum Gasteiger partial charge on any atom is -0.465 e. The maximum absolute atomic E-state index is 12.2. The van der Waals surface area contributed by atoms with Gasteiger partial charge in [0.25, 0.3) is 0 Å². The van der Waals surface area contributed by atoms with Crippen molar-refractivity contribution >= 4 is 11.9 Å². The standard InChI is InChI=1S/C41H58O5/c1-5-6-7-8-31-9-13-34(14-10-31)36-17-21-38(22-18-36)39-23-19-37(20-24-39)35-15-11-32(12-16-35)25-33(27-45-40(43)29(2)3)28-46-41(44)30(4)26-42/h9-10,13-14,19-20,23-24,30,32-33,35-36,38,42H,2,5-8,11-12,15-18,21-22,25-28H2,1,3-4H3. The van der Waals surface area contributed by atoms with Crippen molar-refractivity contribution < 1.29 is 24.2 Å². The summed E-state index contributed by atoms with van der Waals surface area (Å²) in [7, 11) is 0. The molecule has 1 N–H and O–H groups in total. The van der Waals surface area contributed by atoms with E-state index < -0.39 is 17.9 Å². The zero-order chi connectivity index (χ0) is 32.9. The van der Waals surface area contributed by atoms with E-state index in [9.17, 15) is 14.7 Å². The van der Waals surface area contributed by atoms with E-state index in [-0.39, 0.29) is 25.7 Å². The Balaban J connectivity index is 1.22. The first-order valence-electron chi connectivity index (χ1n) is 18.1. The van der Waals surface area contributed by atoms with Crippen LogP contribution in [0, 0.1) is 17.8 Å². The van der Waals surface area contributed by atoms with Crippen molar-refractivity contribution in [1.82, 2.24) is 0 Å². The fourth-order valence-electron chi connectivity index (χ4n) is 7.46. The first kappa shape index (κ1) is 35.9. The summed E-state index contributed by atoms with van der Waals surface area (Å²) in [5.41, 5.74) is 6.33. The van der Waals surface area contributed by atoms with E-state index in [1.165, 1.54) is 73.6 Å². The van der Waals surface area contributed by atoms with Gasteiger partial charge in [-0.3, -0.25) is 4.79 Å². The number of ether oxygens (including phenoxy) is 2. The Hall–Kier alpha value is -2.92. The fraction of sp³-hybridized carbons (Fsp3) is 0.610. The lowest BCUT2D eigenvalue weighted by molar-refractivity contribution is -0.152. The number of carbonyl (C=O) groups is 2. The van der Waals surface area contributed by atoms with E-state index in [4.69, 9.17) is 9.47 Å². The second-order valence-corrected chi connectivity index (χ2v) is 14.3. The summed E-state index contributed by atoms with van der Waals surface area (Å²) >= 11 is 0. The molecule has 0 amide bonds. The minimum atomic E-state index is -0.557. The van der Waals surface area contributed by atoms with Gasteiger partial charge < -0.3 is 14.6 Å². The molecule has 2 saturated carbocycles. The van der Waals surface area contributed by atoms with Crippen LogP contribution in [0.1, 0.15) is 138 Å². The maximum atomic E-state index is 12.2. The Morgan fingerprint density at radius 1 is 0.783 bits per heavy atom. The molecule has 2 aromatic rings. The van der Waals surface area contributed by atoms with Gasteiger partial charge in [0.15, 0.2) is 0 Å². The highest BCUT2D eigenvalue weighted by Gasteiger charge is 2.28. The van der Waals surface area contributed by atoms with Gasteiger partial charge in [-0.2, -0.15) is 0 Å². The van der Waals surface area contributed by atoms with E-state index >= 15 is 0 Å². The molecule has 0 bridgehead atoms. The van der Waals surface area contributed by atoms with Crippen LogP contribution < -0.4 is 0 Å². The molecule has 0 spiro atoms. The zero-order valence-corrected chi connectivity index (χ0v) is 28.7. The molecule has 2 aliphatic rings. The summed E-state index contributed by atoms with van der Waals surface area (Å²) in [6, 6.07) is 19.1. The molecule has 2 aliphatic carbocycles. The van der Waals surface area contributed by atoms with Crippen LogP contribution in [0.25, 0.3) is 0 Å². The lowest BCUT2D eigenvalue weighted by Crippen LogP contribution is -2.27. The molecular weight excluding hydrogens is 572 g/mol. The number of rotatable bonds is 16. The van der Waals surface area contributed by atoms with Crippen LogP contribution in [-0.4, -0.2) is 36.9 Å². The highest BCUT2D eigenvalue weighted by molar-refractivity contribution is 5.86. The molecule has 5 nitrogen and oxygen atoms in total. The highest BCUT2D eigenvalue weighted by Crippen LogP contribution is 2.42. The predicted octanol–water partition coefficient (Wildman–Crippen LogP) is 9.43. The maximum Gasteiger partial charge on any atom is 0.333 e. The second-order valence-electron chi connectivity index (χ2n) is 14.3. The number of aliphatic hydroxyl groups is 1.